The van der Waals surface area contributed by atoms with E-state index < -0.39 is 63.1 Å². The summed E-state index contributed by atoms with van der Waals surface area (Å²) in [4.78, 5) is 0. The summed E-state index contributed by atoms with van der Waals surface area (Å²) in [5.41, 5.74) is 0. The molecule has 0 rings (SSSR count). The van der Waals surface area contributed by atoms with Crippen LogP contribution < -0.4 is 0 Å². The van der Waals surface area contributed by atoms with Crippen LogP contribution in [0, 0.1) is 0 Å². The fourth-order valence-electron chi connectivity index (χ4n) is 1.50. The molecule has 32 heavy (non-hydrogen) atoms. The zero-order valence-corrected chi connectivity index (χ0v) is 14.1. The first-order chi connectivity index (χ1) is 13.2. The Balaban J connectivity index is 7.06. The van der Waals surface area contributed by atoms with E-state index in [4.69, 9.17) is 0 Å². The largest absolute Gasteiger partial charge is 0.460 e. The molecule has 0 aromatic heterocycles. The molecule has 0 aliphatic heterocycles. The van der Waals surface area contributed by atoms with Gasteiger partial charge in [-0.3, -0.25) is 0 Å². The fraction of sp³-hybridized carbons (Fsp3) is 1.00. The molecule has 0 saturated heterocycles. The van der Waals surface area contributed by atoms with Gasteiger partial charge in [0.05, 0.1) is 0 Å². The molecule has 0 spiro atoms. The van der Waals surface area contributed by atoms with Crippen LogP contribution in [-0.2, 0) is 10.2 Å². The lowest BCUT2D eigenvalue weighted by atomic mass is 9.89. The maximum absolute atomic E-state index is 13.1. The molecule has 0 aliphatic carbocycles. The average molecular weight is 552 g/mol. The van der Waals surface area contributed by atoms with Crippen LogP contribution in [0.15, 0.2) is 0 Å². The van der Waals surface area contributed by atoms with Gasteiger partial charge < -0.3 is 0 Å². The minimum absolute atomic E-state index is 8.01. The minimum atomic E-state index is -9.19. The Hall–Kier alpha value is -1.45. The second-order valence-electron chi connectivity index (χ2n) is 5.47. The van der Waals surface area contributed by atoms with Gasteiger partial charge in [0.25, 0.3) is 0 Å². The van der Waals surface area contributed by atoms with Crippen LogP contribution in [0.25, 0.3) is 0 Å². The molecule has 0 aromatic rings. The molecule has 0 radical (unpaired) electrons. The van der Waals surface area contributed by atoms with E-state index in [-0.39, 0.29) is 0 Å². The molecular weight excluding hydrogens is 552 g/mol. The summed E-state index contributed by atoms with van der Waals surface area (Å²) >= 11 is 0. The highest BCUT2D eigenvalue weighted by Gasteiger charge is 2.97. The van der Waals surface area contributed by atoms with Gasteiger partial charge in [0.1, 0.15) is 0 Å². The Kier molecular flexibility index (Phi) is 6.71. The van der Waals surface area contributed by atoms with Gasteiger partial charge in [-0.1, -0.05) is 3.89 Å². The zero-order chi connectivity index (χ0) is 27.0. The predicted molar refractivity (Wildman–Crippen MR) is 55.7 cm³/mol. The Bertz CT molecular complexity index is 818. The highest BCUT2D eigenvalue weighted by molar-refractivity contribution is 7.87. The first-order valence-corrected chi connectivity index (χ1v) is 7.67. The van der Waals surface area contributed by atoms with Gasteiger partial charge in [0, 0.05) is 0 Å². The van der Waals surface area contributed by atoms with Crippen LogP contribution in [0.5, 0.6) is 0 Å². The lowest BCUT2D eigenvalue weighted by Gasteiger charge is -2.43. The average Bonchev–Trinajstić information content (AvgIpc) is 2.51. The number of halogens is 20. The molecule has 2 nitrogen and oxygen atoms in total. The van der Waals surface area contributed by atoms with Crippen LogP contribution in [0.4, 0.5) is 87.3 Å². The summed E-state index contributed by atoms with van der Waals surface area (Å²) in [6.07, 6.45) is -8.01. The first-order valence-electron chi connectivity index (χ1n) is 6.28. The van der Waals surface area contributed by atoms with Crippen LogP contribution in [0.1, 0.15) is 0 Å². The Morgan fingerprint density at radius 2 is 0.531 bits per heavy atom. The second kappa shape index (κ2) is 7.03. The van der Waals surface area contributed by atoms with Gasteiger partial charge in [0.2, 0.25) is 0 Å². The third kappa shape index (κ3) is 3.42. The van der Waals surface area contributed by atoms with Gasteiger partial charge in [-0.05, 0) is 0 Å². The van der Waals surface area contributed by atoms with E-state index in [0.717, 1.165) is 0 Å². The molecule has 0 aromatic carbocycles. The highest BCUT2D eigenvalue weighted by atomic mass is 32.3. The minimum Gasteiger partial charge on any atom is -0.192 e. The van der Waals surface area contributed by atoms with Gasteiger partial charge in [-0.2, -0.15) is 91.8 Å². The standard InChI is InChI=1S/C9F20O2S/c10-1(11,2(12,13)4(16,17)6(20,21)8(24,25)26)3(14,15)5(18,19)7(22,23)9(27,28)32(29,30)31. The van der Waals surface area contributed by atoms with E-state index >= 15 is 0 Å². The van der Waals surface area contributed by atoms with E-state index in [9.17, 15) is 95.7 Å². The molecule has 0 bridgehead atoms. The molecule has 0 saturated carbocycles. The summed E-state index contributed by atoms with van der Waals surface area (Å²) in [5, 5.41) is -8.18. The monoisotopic (exact) mass is 552 g/mol. The molecule has 194 valence electrons. The van der Waals surface area contributed by atoms with E-state index in [2.05, 4.69) is 0 Å². The molecule has 0 heterocycles. The molecule has 23 heteroatoms. The Morgan fingerprint density at radius 3 is 0.719 bits per heavy atom. The van der Waals surface area contributed by atoms with Crippen LogP contribution in [0.3, 0.4) is 0 Å². The molecule has 0 amide bonds. The van der Waals surface area contributed by atoms with Crippen molar-refractivity contribution in [3.05, 3.63) is 0 Å². The number of rotatable bonds is 8. The van der Waals surface area contributed by atoms with Crippen molar-refractivity contribution in [2.75, 3.05) is 0 Å². The lowest BCUT2D eigenvalue weighted by Crippen LogP contribution is -2.76. The van der Waals surface area contributed by atoms with Crippen molar-refractivity contribution >= 4 is 10.2 Å². The summed E-state index contributed by atoms with van der Waals surface area (Å²) < 4.78 is 273. The van der Waals surface area contributed by atoms with Crippen LogP contribution >= 0.6 is 0 Å². The molecule has 0 unspecified atom stereocenters. The third-order valence-electron chi connectivity index (χ3n) is 3.39. The van der Waals surface area contributed by atoms with E-state index in [1.165, 1.54) is 0 Å². The van der Waals surface area contributed by atoms with Crippen molar-refractivity contribution in [3.63, 3.8) is 0 Å². The quantitative estimate of drug-likeness (QED) is 0.278. The maximum atomic E-state index is 13.1. The Morgan fingerprint density at radius 1 is 0.344 bits per heavy atom. The summed E-state index contributed by atoms with van der Waals surface area (Å²) in [5.74, 6) is -62.5. The summed E-state index contributed by atoms with van der Waals surface area (Å²) in [6, 6.07) is 0. The van der Waals surface area contributed by atoms with Crippen molar-refractivity contribution in [1.29, 1.82) is 0 Å². The lowest BCUT2D eigenvalue weighted by molar-refractivity contribution is -0.466. The van der Waals surface area contributed by atoms with E-state index in [0.29, 0.717) is 0 Å². The molecular formula is C9F20O2S. The van der Waals surface area contributed by atoms with Gasteiger partial charge in [-0.25, -0.2) is 0 Å². The van der Waals surface area contributed by atoms with Gasteiger partial charge >= 0.3 is 63.1 Å². The normalized spacial score (nSPS) is 17.0. The summed E-state index contributed by atoms with van der Waals surface area (Å²) in [7, 11) is -8.50. The smallest absolute Gasteiger partial charge is 0.192 e. The van der Waals surface area contributed by atoms with Crippen molar-refractivity contribution in [2.45, 2.75) is 52.9 Å². The van der Waals surface area contributed by atoms with E-state index in [1.807, 2.05) is 0 Å². The third-order valence-corrected chi connectivity index (χ3v) is 4.26. The molecule has 0 N–H and O–H groups in total. The molecule has 0 atom stereocenters. The first kappa shape index (κ1) is 30.6. The molecule has 0 fully saturated rings. The number of hydrogen-bond acceptors (Lipinski definition) is 2. The zero-order valence-electron chi connectivity index (χ0n) is 13.3. The Labute approximate surface area is 160 Å². The predicted octanol–water partition coefficient (Wildman–Crippen LogP) is 5.89. The van der Waals surface area contributed by atoms with Crippen molar-refractivity contribution < 1.29 is 95.7 Å². The fourth-order valence-corrected chi connectivity index (χ4v) is 1.93. The van der Waals surface area contributed by atoms with Crippen LogP contribution in [-0.4, -0.2) is 61.3 Å². The van der Waals surface area contributed by atoms with Crippen molar-refractivity contribution in [2.24, 2.45) is 0 Å². The van der Waals surface area contributed by atoms with E-state index in [1.54, 1.807) is 0 Å². The highest BCUT2D eigenvalue weighted by Crippen LogP contribution is 2.65. The van der Waals surface area contributed by atoms with Crippen molar-refractivity contribution in [3.8, 4) is 0 Å². The number of hydrogen-bond donors (Lipinski definition) is 0. The topological polar surface area (TPSA) is 34.1 Å². The van der Waals surface area contributed by atoms with Crippen LogP contribution in [0.2, 0.25) is 0 Å². The number of alkyl halides is 19. The van der Waals surface area contributed by atoms with Gasteiger partial charge in [0.15, 0.2) is 0 Å². The maximum Gasteiger partial charge on any atom is 0.460 e. The summed E-state index contributed by atoms with van der Waals surface area (Å²) in [6.45, 7) is 0. The second-order valence-corrected chi connectivity index (χ2v) is 6.86. The SMILES string of the molecule is O=S(=O)(F)C(F)(F)C(F)(F)C(F)(F)C(F)(F)C(F)(F)C(F)(F)C(F)(F)C(F)(F)C(F)(F)F. The van der Waals surface area contributed by atoms with Crippen molar-refractivity contribution in [1.82, 2.24) is 0 Å². The van der Waals surface area contributed by atoms with Gasteiger partial charge in [-0.15, -0.1) is 0 Å². The molecule has 0 aliphatic rings.